The Bertz CT molecular complexity index is 435. The number of carboxylic acid groups (broad SMARTS) is 1. The quantitative estimate of drug-likeness (QED) is 0.862. The lowest BCUT2D eigenvalue weighted by molar-refractivity contribution is 0.0697. The fourth-order valence-electron chi connectivity index (χ4n) is 1.77. The van der Waals surface area contributed by atoms with E-state index in [0.29, 0.717) is 22.9 Å². The summed E-state index contributed by atoms with van der Waals surface area (Å²) in [6.07, 6.45) is 3.63. The summed E-state index contributed by atoms with van der Waals surface area (Å²) in [5.41, 5.74) is 0.166. The topological polar surface area (TPSA) is 73.7 Å². The normalized spacial score (nSPS) is 14.7. The van der Waals surface area contributed by atoms with Gasteiger partial charge in [0.05, 0.1) is 6.61 Å². The number of nitrogens with zero attached hydrogens (tertiary/aromatic N) is 2. The van der Waals surface area contributed by atoms with E-state index in [4.69, 9.17) is 10.2 Å². The molecule has 17 heavy (non-hydrogen) atoms. The van der Waals surface area contributed by atoms with Gasteiger partial charge in [0.15, 0.2) is 0 Å². The summed E-state index contributed by atoms with van der Waals surface area (Å²) in [4.78, 5) is 17.2. The van der Waals surface area contributed by atoms with Gasteiger partial charge in [0.2, 0.25) is 0 Å². The van der Waals surface area contributed by atoms with E-state index in [-0.39, 0.29) is 12.2 Å². The van der Waals surface area contributed by atoms with Crippen molar-refractivity contribution in [3.63, 3.8) is 0 Å². The smallest absolute Gasteiger partial charge is 0.339 e. The van der Waals surface area contributed by atoms with Gasteiger partial charge in [0.1, 0.15) is 11.4 Å². The minimum absolute atomic E-state index is 0.00664. The molecular formula is C11H13BrN2O3. The van der Waals surface area contributed by atoms with Crippen LogP contribution < -0.4 is 4.90 Å². The maximum atomic E-state index is 11.2. The van der Waals surface area contributed by atoms with Gasteiger partial charge < -0.3 is 15.1 Å². The van der Waals surface area contributed by atoms with Gasteiger partial charge >= 0.3 is 5.97 Å². The van der Waals surface area contributed by atoms with Crippen LogP contribution >= 0.6 is 15.9 Å². The molecule has 92 valence electrons. The third-order valence-electron chi connectivity index (χ3n) is 2.66. The molecule has 0 aromatic carbocycles. The van der Waals surface area contributed by atoms with E-state index in [2.05, 4.69) is 20.9 Å². The second-order valence-electron chi connectivity index (χ2n) is 3.98. The van der Waals surface area contributed by atoms with E-state index in [1.165, 1.54) is 6.07 Å². The Morgan fingerprint density at radius 3 is 2.82 bits per heavy atom. The summed E-state index contributed by atoms with van der Waals surface area (Å²) >= 11 is 3.21. The van der Waals surface area contributed by atoms with Gasteiger partial charge in [-0.25, -0.2) is 9.78 Å². The first-order valence-corrected chi connectivity index (χ1v) is 6.19. The lowest BCUT2D eigenvalue weighted by Gasteiger charge is -2.23. The molecule has 6 heteroatoms. The van der Waals surface area contributed by atoms with Gasteiger partial charge in [0, 0.05) is 23.3 Å². The zero-order valence-corrected chi connectivity index (χ0v) is 10.7. The van der Waals surface area contributed by atoms with Gasteiger partial charge in [-0.2, -0.15) is 0 Å². The Morgan fingerprint density at radius 1 is 1.59 bits per heavy atom. The lowest BCUT2D eigenvalue weighted by Crippen LogP contribution is -2.31. The van der Waals surface area contributed by atoms with Crippen LogP contribution in [0.25, 0.3) is 0 Å². The highest BCUT2D eigenvalue weighted by Crippen LogP contribution is 2.32. The highest BCUT2D eigenvalue weighted by Gasteiger charge is 2.32. The largest absolute Gasteiger partial charge is 0.478 e. The summed E-state index contributed by atoms with van der Waals surface area (Å²) in [6.45, 7) is 0.410. The molecule has 1 aromatic rings. The van der Waals surface area contributed by atoms with Crippen molar-refractivity contribution in [2.75, 3.05) is 18.1 Å². The molecule has 1 fully saturated rings. The third-order valence-corrected chi connectivity index (χ3v) is 3.10. The third kappa shape index (κ3) is 2.76. The first-order chi connectivity index (χ1) is 8.13. The van der Waals surface area contributed by atoms with Crippen molar-refractivity contribution in [1.82, 2.24) is 4.98 Å². The first kappa shape index (κ1) is 12.3. The molecule has 1 saturated carbocycles. The van der Waals surface area contributed by atoms with E-state index in [1.807, 2.05) is 4.90 Å². The lowest BCUT2D eigenvalue weighted by atomic mass is 10.2. The predicted octanol–water partition coefficient (Wildman–Crippen LogP) is 1.50. The highest BCUT2D eigenvalue weighted by atomic mass is 79.9. The molecule has 0 amide bonds. The highest BCUT2D eigenvalue weighted by molar-refractivity contribution is 9.10. The molecule has 2 N–H and O–H groups in total. The van der Waals surface area contributed by atoms with Gasteiger partial charge in [-0.05, 0) is 34.8 Å². The van der Waals surface area contributed by atoms with E-state index < -0.39 is 5.97 Å². The zero-order valence-electron chi connectivity index (χ0n) is 9.14. The number of hydrogen-bond donors (Lipinski definition) is 2. The number of hydrogen-bond acceptors (Lipinski definition) is 4. The van der Waals surface area contributed by atoms with Crippen LogP contribution in [0, 0.1) is 0 Å². The Hall–Kier alpha value is -1.14. The number of aliphatic hydroxyl groups is 1. The average molecular weight is 301 g/mol. The summed E-state index contributed by atoms with van der Waals surface area (Å²) < 4.78 is 0.637. The number of carbonyl (C=O) groups is 1. The minimum Gasteiger partial charge on any atom is -0.478 e. The van der Waals surface area contributed by atoms with Crippen LogP contribution in [0.1, 0.15) is 23.2 Å². The van der Waals surface area contributed by atoms with Crippen molar-refractivity contribution in [2.24, 2.45) is 0 Å². The average Bonchev–Trinajstić information content (AvgIpc) is 3.10. The number of aromatic nitrogens is 1. The van der Waals surface area contributed by atoms with E-state index in [9.17, 15) is 4.79 Å². The number of aliphatic hydroxyl groups excluding tert-OH is 1. The fourth-order valence-corrected chi connectivity index (χ4v) is 2.10. The first-order valence-electron chi connectivity index (χ1n) is 5.40. The maximum Gasteiger partial charge on any atom is 0.339 e. The van der Waals surface area contributed by atoms with Crippen molar-refractivity contribution in [1.29, 1.82) is 0 Å². The monoisotopic (exact) mass is 300 g/mol. The number of carboxylic acids is 1. The Morgan fingerprint density at radius 2 is 2.29 bits per heavy atom. The van der Waals surface area contributed by atoms with E-state index in [0.717, 1.165) is 12.8 Å². The molecule has 1 aliphatic carbocycles. The van der Waals surface area contributed by atoms with E-state index in [1.54, 1.807) is 6.20 Å². The predicted molar refractivity (Wildman–Crippen MR) is 66.4 cm³/mol. The van der Waals surface area contributed by atoms with Crippen molar-refractivity contribution < 1.29 is 15.0 Å². The second kappa shape index (κ2) is 5.01. The van der Waals surface area contributed by atoms with Crippen LogP contribution in [0.15, 0.2) is 16.7 Å². The van der Waals surface area contributed by atoms with Crippen molar-refractivity contribution >= 4 is 27.7 Å². The van der Waals surface area contributed by atoms with Crippen LogP contribution in [0.4, 0.5) is 5.82 Å². The summed E-state index contributed by atoms with van der Waals surface area (Å²) in [5.74, 6) is -0.561. The molecule has 0 spiro atoms. The maximum absolute atomic E-state index is 11.2. The number of halogens is 1. The summed E-state index contributed by atoms with van der Waals surface area (Å²) in [6, 6.07) is 1.85. The number of anilines is 1. The molecule has 0 atom stereocenters. The van der Waals surface area contributed by atoms with Crippen molar-refractivity contribution in [3.8, 4) is 0 Å². The fraction of sp³-hybridized carbons (Fsp3) is 0.455. The van der Waals surface area contributed by atoms with Crippen molar-refractivity contribution in [2.45, 2.75) is 18.9 Å². The molecule has 0 unspecified atom stereocenters. The Labute approximate surface area is 107 Å². The standard InChI is InChI=1S/C11H13BrN2O3/c12-7-5-9(11(16)17)10(13-6-7)14(3-4-15)8-1-2-8/h5-6,8,15H,1-4H2,(H,16,17). The molecule has 0 bridgehead atoms. The Kier molecular flexibility index (Phi) is 3.63. The molecule has 2 rings (SSSR count). The van der Waals surface area contributed by atoms with Gasteiger partial charge in [-0.1, -0.05) is 0 Å². The van der Waals surface area contributed by atoms with Crippen LogP contribution in [0.3, 0.4) is 0 Å². The van der Waals surface area contributed by atoms with Crippen LogP contribution in [0.5, 0.6) is 0 Å². The SMILES string of the molecule is O=C(O)c1cc(Br)cnc1N(CCO)C1CC1. The number of pyridine rings is 1. The summed E-state index contributed by atoms with van der Waals surface area (Å²) in [5, 5.41) is 18.2. The zero-order chi connectivity index (χ0) is 12.4. The van der Waals surface area contributed by atoms with Gasteiger partial charge in [0.25, 0.3) is 0 Å². The molecule has 0 saturated heterocycles. The number of aromatic carboxylic acids is 1. The Balaban J connectivity index is 2.37. The molecule has 1 aliphatic rings. The molecular weight excluding hydrogens is 288 g/mol. The molecule has 0 aliphatic heterocycles. The van der Waals surface area contributed by atoms with Crippen molar-refractivity contribution in [3.05, 3.63) is 22.3 Å². The molecule has 5 nitrogen and oxygen atoms in total. The van der Waals surface area contributed by atoms with Crippen LogP contribution in [-0.4, -0.2) is 40.4 Å². The van der Waals surface area contributed by atoms with Crippen LogP contribution in [0.2, 0.25) is 0 Å². The van der Waals surface area contributed by atoms with E-state index >= 15 is 0 Å². The molecule has 1 heterocycles. The van der Waals surface area contributed by atoms with Gasteiger partial charge in [-0.15, -0.1) is 0 Å². The minimum atomic E-state index is -1.00. The molecule has 1 aromatic heterocycles. The molecule has 0 radical (unpaired) electrons. The summed E-state index contributed by atoms with van der Waals surface area (Å²) in [7, 11) is 0. The van der Waals surface area contributed by atoms with Gasteiger partial charge in [-0.3, -0.25) is 0 Å². The second-order valence-corrected chi connectivity index (χ2v) is 4.89. The number of rotatable bonds is 5. The van der Waals surface area contributed by atoms with Crippen LogP contribution in [-0.2, 0) is 0 Å².